The Morgan fingerprint density at radius 3 is 0.579 bits per heavy atom. The molecule has 0 aromatic rings. The molecule has 0 atom stereocenters. The first-order valence-electron chi connectivity index (χ1n) is 1.40. The minimum Gasteiger partial charge on any atom is -0.822 e. The van der Waals surface area contributed by atoms with E-state index in [4.69, 9.17) is 36.8 Å². The number of hydrogen-bond acceptors (Lipinski definition) is 8. The Labute approximate surface area is 381 Å². The maximum Gasteiger partial charge on any atom is 2.00 e. The molecule has 0 N–H and O–H groups in total. The average Bonchev–Trinajstić information content (AvgIpc) is 1.12. The third-order valence-corrected chi connectivity index (χ3v) is 0. The maximum atomic E-state index is 8.55. The Hall–Kier alpha value is 11.3. The van der Waals surface area contributed by atoms with Gasteiger partial charge in [0.2, 0.25) is 0 Å². The summed E-state index contributed by atoms with van der Waals surface area (Å²) in [5, 5.41) is 0. The van der Waals surface area contributed by atoms with Crippen molar-refractivity contribution in [1.29, 1.82) is 0 Å². The Bertz CT molecular complexity index is 206. The van der Waals surface area contributed by atoms with Crippen LogP contribution in [-0.4, -0.2) is 357 Å². The molecule has 0 spiro atoms. The van der Waals surface area contributed by atoms with E-state index < -0.39 is 18.2 Å². The predicted molar refractivity (Wildman–Crippen MR) is 69.9 cm³/mol. The van der Waals surface area contributed by atoms with E-state index in [9.17, 15) is 0 Å². The van der Waals surface area contributed by atoms with E-state index in [1.54, 1.807) is 0 Å². The van der Waals surface area contributed by atoms with Crippen molar-refractivity contribution < 1.29 is 36.8 Å². The van der Waals surface area contributed by atoms with Gasteiger partial charge < -0.3 is 28.4 Å². The van der Waals surface area contributed by atoms with Crippen LogP contribution in [0.1, 0.15) is 0 Å². The van der Waals surface area contributed by atoms with E-state index in [2.05, 4.69) is 0 Å². The molecule has 0 aliphatic heterocycles. The summed E-state index contributed by atoms with van der Waals surface area (Å²) >= 11 is 0. The molecule has 0 aromatic heterocycles. The van der Waals surface area contributed by atoms with Crippen LogP contribution in [-0.2, 0) is 15.0 Å². The molecule has 0 amide bonds. The molecule has 0 rings (SSSR count). The molecule has 0 fully saturated rings. The normalized spacial score (nSPS) is 6.16. The molecule has 0 heterocycles. The molecule has 64 valence electrons. The van der Waals surface area contributed by atoms with Gasteiger partial charge in [0.25, 0.3) is 0 Å². The third kappa shape index (κ3) is 171. The van der Waals surface area contributed by atoms with Gasteiger partial charge in [0.15, 0.2) is 0 Å². The van der Waals surface area contributed by atoms with Gasteiger partial charge in [-0.2, -0.15) is 7.82 Å². The van der Waals surface area contributed by atoms with Crippen LogP contribution in [0.4, 0.5) is 0 Å². The molecule has 0 radical (unpaired) electrons. The third-order valence-electron chi connectivity index (χ3n) is 0. The largest absolute Gasteiger partial charge is 2.00 e. The molecule has 0 unspecified atom stereocenters. The minimum atomic E-state index is -5.39. The van der Waals surface area contributed by atoms with Crippen LogP contribution in [0.2, 0.25) is 0 Å². The second-order valence-electron chi connectivity index (χ2n) is 0.855. The van der Waals surface area contributed by atoms with Crippen molar-refractivity contribution in [3.63, 3.8) is 0 Å². The standard InChI is InChI=1S/9Ca.H3O4P.H2O4S/c;;;;;;;;;2*1-5(2,3)4/h;;;;;;;;;(H3,1,2,3,4);(H2,1,2,3,4)/q9*+2;;/p-5. The number of hydrogen-bond donors (Lipinski definition) is 0. The van der Waals surface area contributed by atoms with Crippen LogP contribution in [0.15, 0.2) is 0 Å². The first kappa shape index (κ1) is 69.8. The average molecular weight is 552 g/mol. The van der Waals surface area contributed by atoms with Crippen molar-refractivity contribution in [3.05, 3.63) is 0 Å². The summed E-state index contributed by atoms with van der Waals surface area (Å²) in [6.07, 6.45) is 0. The number of phosphoric acid groups is 1. The Balaban J connectivity index is -0.00000000508. The van der Waals surface area contributed by atoms with E-state index in [0.717, 1.165) is 0 Å². The molecule has 0 aromatic carbocycles. The van der Waals surface area contributed by atoms with Crippen LogP contribution in [0.3, 0.4) is 0 Å². The fourth-order valence-electron chi connectivity index (χ4n) is 0. The monoisotopic (exact) mass is 551 g/mol. The molecular formula is Ca9O8PS+13. The summed E-state index contributed by atoms with van der Waals surface area (Å²) in [5.41, 5.74) is 0. The Morgan fingerprint density at radius 2 is 0.579 bits per heavy atom. The van der Waals surface area contributed by atoms with Gasteiger partial charge >= 0.3 is 340 Å². The summed E-state index contributed by atoms with van der Waals surface area (Å²) in [5.74, 6) is 0. The summed E-state index contributed by atoms with van der Waals surface area (Å²) in [4.78, 5) is 25.6. The van der Waals surface area contributed by atoms with Crippen molar-refractivity contribution in [2.75, 3.05) is 0 Å². The van der Waals surface area contributed by atoms with Crippen molar-refractivity contribution in [3.8, 4) is 0 Å². The second kappa shape index (κ2) is 43.2. The minimum absolute atomic E-state index is 0. The zero-order valence-corrected chi connectivity index (χ0v) is 32.1. The van der Waals surface area contributed by atoms with Crippen molar-refractivity contribution >= 4 is 358 Å². The molecule has 0 aliphatic rings. The molecule has 0 saturated carbocycles. The first-order valence-corrected chi connectivity index (χ1v) is 4.19. The van der Waals surface area contributed by atoms with Crippen molar-refractivity contribution in [1.82, 2.24) is 0 Å². The Kier molecular flexibility index (Phi) is 159. The molecule has 0 aliphatic carbocycles. The van der Waals surface area contributed by atoms with Crippen molar-refractivity contribution in [2.24, 2.45) is 0 Å². The molecule has 0 saturated heterocycles. The smallest absolute Gasteiger partial charge is 0.822 e. The number of rotatable bonds is 0. The van der Waals surface area contributed by atoms with Gasteiger partial charge in [0, 0.05) is 10.4 Å². The fourth-order valence-corrected chi connectivity index (χ4v) is 0. The zero-order chi connectivity index (χ0) is 9.00. The summed E-state index contributed by atoms with van der Waals surface area (Å²) in [6, 6.07) is 0. The van der Waals surface area contributed by atoms with Gasteiger partial charge in [-0.3, -0.25) is 8.42 Å². The molecule has 19 heavy (non-hydrogen) atoms. The second-order valence-corrected chi connectivity index (χ2v) is 2.57. The Morgan fingerprint density at radius 1 is 0.579 bits per heavy atom. The molecular weight excluding hydrogens is 552 g/mol. The van der Waals surface area contributed by atoms with Crippen LogP contribution in [0.25, 0.3) is 0 Å². The summed E-state index contributed by atoms with van der Waals surface area (Å²) in [7, 11) is -10.6. The fraction of sp³-hybridized carbons (Fsp3) is 0. The molecule has 0 bridgehead atoms. The maximum absolute atomic E-state index is 8.55. The van der Waals surface area contributed by atoms with E-state index in [1.807, 2.05) is 0 Å². The van der Waals surface area contributed by atoms with E-state index in [1.165, 1.54) is 0 Å². The van der Waals surface area contributed by atoms with Gasteiger partial charge in [-0.05, 0) is 0 Å². The van der Waals surface area contributed by atoms with Gasteiger partial charge in [-0.15, -0.1) is 0 Å². The van der Waals surface area contributed by atoms with Crippen LogP contribution in [0, 0.1) is 0 Å². The zero-order valence-electron chi connectivity index (χ0n) is 10.5. The summed E-state index contributed by atoms with van der Waals surface area (Å²) in [6.45, 7) is 0. The first-order chi connectivity index (χ1) is 4.00. The quantitative estimate of drug-likeness (QED) is 0.124. The van der Waals surface area contributed by atoms with E-state index >= 15 is 0 Å². The van der Waals surface area contributed by atoms with E-state index in [0.29, 0.717) is 0 Å². The van der Waals surface area contributed by atoms with Gasteiger partial charge in [0.05, 0.1) is 0 Å². The molecule has 8 nitrogen and oxygen atoms in total. The topological polar surface area (TPSA) is 167 Å². The van der Waals surface area contributed by atoms with E-state index in [-0.39, 0.29) is 340 Å². The predicted octanol–water partition coefficient (Wildman–Crippen LogP) is -7.59. The van der Waals surface area contributed by atoms with Gasteiger partial charge in [-0.1, -0.05) is 0 Å². The van der Waals surface area contributed by atoms with Gasteiger partial charge in [0.1, 0.15) is 0 Å². The SMILES string of the molecule is O=P([O-])([O-])[O-].O=S(=O)([O-])[O-].[Ca+2].[Ca+2].[Ca+2].[Ca+2].[Ca+2].[Ca+2].[Ca+2].[Ca+2].[Ca+2]. The molecule has 19 heteroatoms. The van der Waals surface area contributed by atoms with Crippen LogP contribution < -0.4 is 14.7 Å². The van der Waals surface area contributed by atoms with Crippen LogP contribution >= 0.6 is 7.82 Å². The van der Waals surface area contributed by atoms with Crippen LogP contribution in [0.5, 0.6) is 0 Å². The summed E-state index contributed by atoms with van der Waals surface area (Å²) < 4.78 is 42.6. The van der Waals surface area contributed by atoms with Gasteiger partial charge in [-0.25, -0.2) is 0 Å². The van der Waals surface area contributed by atoms with Crippen molar-refractivity contribution in [2.45, 2.75) is 0 Å².